The van der Waals surface area contributed by atoms with Gasteiger partial charge in [0.2, 0.25) is 0 Å². The molecule has 1 amide bonds. The third kappa shape index (κ3) is 1.02. The van der Waals surface area contributed by atoms with E-state index in [0.29, 0.717) is 12.3 Å². The summed E-state index contributed by atoms with van der Waals surface area (Å²) in [7, 11) is 0. The maximum atomic E-state index is 10.6. The first-order valence-corrected chi connectivity index (χ1v) is 3.15. The Balaban J connectivity index is 2.13. The highest BCUT2D eigenvalue weighted by atomic mass is 16.6. The third-order valence-corrected chi connectivity index (χ3v) is 1.46. The van der Waals surface area contributed by atoms with E-state index in [1.165, 1.54) is 0 Å². The van der Waals surface area contributed by atoms with Crippen molar-refractivity contribution < 1.29 is 9.53 Å². The van der Waals surface area contributed by atoms with Crippen LogP contribution in [0.1, 0.15) is 11.7 Å². The molecule has 58 valence electrons. The molecule has 1 saturated heterocycles. The molecular formula is C5H6N4O2. The number of cyclic esters (lactones) is 1. The molecule has 0 aliphatic carbocycles. The molecule has 1 aromatic heterocycles. The summed E-state index contributed by atoms with van der Waals surface area (Å²) in [6, 6.07) is -0.152. The molecule has 6 nitrogen and oxygen atoms in total. The molecule has 11 heavy (non-hydrogen) atoms. The zero-order valence-corrected chi connectivity index (χ0v) is 5.57. The number of aromatic nitrogens is 3. The molecule has 1 fully saturated rings. The number of amides is 1. The molecule has 6 heteroatoms. The number of hydrogen-bond acceptors (Lipinski definition) is 4. The normalized spacial score (nSPS) is 22.9. The molecule has 0 radical (unpaired) electrons. The van der Waals surface area contributed by atoms with Crippen molar-refractivity contribution in [2.75, 3.05) is 6.61 Å². The summed E-state index contributed by atoms with van der Waals surface area (Å²) < 4.78 is 4.66. The summed E-state index contributed by atoms with van der Waals surface area (Å²) in [6.07, 6.45) is 1.15. The highest BCUT2D eigenvalue weighted by molar-refractivity contribution is 5.69. The van der Waals surface area contributed by atoms with E-state index in [1.54, 1.807) is 6.20 Å². The van der Waals surface area contributed by atoms with E-state index in [-0.39, 0.29) is 6.04 Å². The zero-order chi connectivity index (χ0) is 7.68. The van der Waals surface area contributed by atoms with Gasteiger partial charge in [-0.15, -0.1) is 0 Å². The minimum Gasteiger partial charge on any atom is -0.447 e. The van der Waals surface area contributed by atoms with Gasteiger partial charge in [-0.05, 0) is 0 Å². The van der Waals surface area contributed by atoms with Crippen LogP contribution in [0.25, 0.3) is 0 Å². The van der Waals surface area contributed by atoms with Crippen LogP contribution >= 0.6 is 0 Å². The smallest absolute Gasteiger partial charge is 0.407 e. The van der Waals surface area contributed by atoms with Crippen LogP contribution in [0.2, 0.25) is 0 Å². The standard InChI is InChI=1S/C5H6N4O2/c10-5-7-4(2-11-5)3-1-6-9-8-3/h1,4H,2H2,(H,7,10)(H,6,8,9). The van der Waals surface area contributed by atoms with Crippen molar-refractivity contribution in [2.24, 2.45) is 0 Å². The fraction of sp³-hybridized carbons (Fsp3) is 0.400. The van der Waals surface area contributed by atoms with Crippen LogP contribution < -0.4 is 5.32 Å². The van der Waals surface area contributed by atoms with Crippen LogP contribution in [-0.2, 0) is 4.74 Å². The summed E-state index contributed by atoms with van der Waals surface area (Å²) in [6.45, 7) is 0.325. The highest BCUT2D eigenvalue weighted by Gasteiger charge is 2.25. The van der Waals surface area contributed by atoms with E-state index in [4.69, 9.17) is 0 Å². The van der Waals surface area contributed by atoms with E-state index >= 15 is 0 Å². The Morgan fingerprint density at radius 3 is 3.18 bits per heavy atom. The van der Waals surface area contributed by atoms with Crippen molar-refractivity contribution in [3.8, 4) is 0 Å². The Kier molecular flexibility index (Phi) is 1.24. The van der Waals surface area contributed by atoms with Gasteiger partial charge >= 0.3 is 6.09 Å². The van der Waals surface area contributed by atoms with Crippen molar-refractivity contribution in [3.05, 3.63) is 11.9 Å². The molecule has 1 atom stereocenters. The van der Waals surface area contributed by atoms with Crippen LogP contribution in [-0.4, -0.2) is 28.1 Å². The molecule has 0 spiro atoms. The van der Waals surface area contributed by atoms with E-state index in [2.05, 4.69) is 25.5 Å². The van der Waals surface area contributed by atoms with Crippen LogP contribution in [0, 0.1) is 0 Å². The van der Waals surface area contributed by atoms with Gasteiger partial charge in [0.15, 0.2) is 0 Å². The number of nitrogens with zero attached hydrogens (tertiary/aromatic N) is 2. The van der Waals surface area contributed by atoms with Crippen molar-refractivity contribution in [3.63, 3.8) is 0 Å². The molecule has 2 heterocycles. The molecule has 2 N–H and O–H groups in total. The van der Waals surface area contributed by atoms with Gasteiger partial charge < -0.3 is 10.1 Å². The summed E-state index contributed by atoms with van der Waals surface area (Å²) in [4.78, 5) is 10.6. The second-order valence-corrected chi connectivity index (χ2v) is 2.19. The number of rotatable bonds is 1. The average molecular weight is 154 g/mol. The summed E-state index contributed by atoms with van der Waals surface area (Å²) in [5, 5.41) is 12.4. The Labute approximate surface area is 61.9 Å². The highest BCUT2D eigenvalue weighted by Crippen LogP contribution is 2.13. The average Bonchev–Trinajstić information content (AvgIpc) is 2.55. The Morgan fingerprint density at radius 2 is 2.64 bits per heavy atom. The fourth-order valence-corrected chi connectivity index (χ4v) is 0.922. The lowest BCUT2D eigenvalue weighted by Crippen LogP contribution is -2.18. The van der Waals surface area contributed by atoms with Crippen molar-refractivity contribution in [2.45, 2.75) is 6.04 Å². The Hall–Kier alpha value is -1.59. The van der Waals surface area contributed by atoms with Crippen LogP contribution in [0.5, 0.6) is 0 Å². The van der Waals surface area contributed by atoms with Gasteiger partial charge in [0.1, 0.15) is 18.3 Å². The molecule has 1 aliphatic heterocycles. The van der Waals surface area contributed by atoms with Crippen molar-refractivity contribution in [1.29, 1.82) is 0 Å². The van der Waals surface area contributed by atoms with Crippen molar-refractivity contribution in [1.82, 2.24) is 20.7 Å². The lowest BCUT2D eigenvalue weighted by Gasteiger charge is -1.98. The number of carbonyl (C=O) groups is 1. The molecule has 0 saturated carbocycles. The fourth-order valence-electron chi connectivity index (χ4n) is 0.922. The lowest BCUT2D eigenvalue weighted by atomic mass is 10.2. The summed E-state index contributed by atoms with van der Waals surface area (Å²) >= 11 is 0. The first-order valence-electron chi connectivity index (χ1n) is 3.15. The minimum atomic E-state index is -0.405. The SMILES string of the molecule is O=C1NC(c2cn[nH]n2)CO1. The number of H-pyrrole nitrogens is 1. The monoisotopic (exact) mass is 154 g/mol. The van der Waals surface area contributed by atoms with Gasteiger partial charge in [0, 0.05) is 0 Å². The van der Waals surface area contributed by atoms with Gasteiger partial charge in [-0.25, -0.2) is 4.79 Å². The molecule has 0 aromatic carbocycles. The Bertz CT molecular complexity index is 257. The first-order chi connectivity index (χ1) is 5.36. The van der Waals surface area contributed by atoms with Crippen LogP contribution in [0.4, 0.5) is 4.79 Å². The summed E-state index contributed by atoms with van der Waals surface area (Å²) in [5.41, 5.74) is 0.691. The van der Waals surface area contributed by atoms with Crippen LogP contribution in [0.3, 0.4) is 0 Å². The lowest BCUT2D eigenvalue weighted by molar-refractivity contribution is 0.177. The van der Waals surface area contributed by atoms with Gasteiger partial charge in [0.05, 0.1) is 6.20 Å². The molecular weight excluding hydrogens is 148 g/mol. The number of nitrogens with one attached hydrogen (secondary N) is 2. The van der Waals surface area contributed by atoms with Gasteiger partial charge in [-0.1, -0.05) is 0 Å². The van der Waals surface area contributed by atoms with E-state index < -0.39 is 6.09 Å². The van der Waals surface area contributed by atoms with E-state index in [0.717, 1.165) is 0 Å². The van der Waals surface area contributed by atoms with Gasteiger partial charge in [0.25, 0.3) is 0 Å². The zero-order valence-electron chi connectivity index (χ0n) is 5.57. The number of ether oxygens (including phenoxy) is 1. The predicted octanol–water partition coefficient (Wildman–Crippen LogP) is -0.414. The maximum Gasteiger partial charge on any atom is 0.407 e. The predicted molar refractivity (Wildman–Crippen MR) is 33.6 cm³/mol. The van der Waals surface area contributed by atoms with E-state index in [1.807, 2.05) is 0 Å². The second kappa shape index (κ2) is 2.22. The molecule has 2 rings (SSSR count). The molecule has 1 aromatic rings. The number of aromatic amines is 1. The third-order valence-electron chi connectivity index (χ3n) is 1.46. The maximum absolute atomic E-state index is 10.6. The second-order valence-electron chi connectivity index (χ2n) is 2.19. The topological polar surface area (TPSA) is 79.9 Å². The molecule has 0 bridgehead atoms. The Morgan fingerprint density at radius 1 is 1.73 bits per heavy atom. The first kappa shape index (κ1) is 6.14. The number of hydrogen-bond donors (Lipinski definition) is 2. The number of carbonyl (C=O) groups excluding carboxylic acids is 1. The quantitative estimate of drug-likeness (QED) is 0.576. The van der Waals surface area contributed by atoms with Crippen molar-refractivity contribution >= 4 is 6.09 Å². The number of alkyl carbamates (subject to hydrolysis) is 1. The van der Waals surface area contributed by atoms with Gasteiger partial charge in [-0.3, -0.25) is 0 Å². The van der Waals surface area contributed by atoms with E-state index in [9.17, 15) is 4.79 Å². The van der Waals surface area contributed by atoms with Gasteiger partial charge in [-0.2, -0.15) is 15.4 Å². The minimum absolute atomic E-state index is 0.152. The summed E-state index contributed by atoms with van der Waals surface area (Å²) in [5.74, 6) is 0. The largest absolute Gasteiger partial charge is 0.447 e. The molecule has 1 aliphatic rings. The van der Waals surface area contributed by atoms with Crippen LogP contribution in [0.15, 0.2) is 6.20 Å². The molecule has 1 unspecified atom stereocenters.